The molecule has 1 aliphatic rings. The second kappa shape index (κ2) is 10.3. The van der Waals surface area contributed by atoms with Crippen molar-refractivity contribution in [2.24, 2.45) is 5.73 Å². The number of carboxylic acids is 1. The lowest BCUT2D eigenvalue weighted by Gasteiger charge is -2.30. The van der Waals surface area contributed by atoms with Crippen LogP contribution in [0.25, 0.3) is 11.1 Å². The third kappa shape index (κ3) is 5.75. The molecule has 8 heteroatoms. The number of fused-ring (bicyclic) bond motifs is 3. The Morgan fingerprint density at radius 3 is 2.03 bits per heavy atom. The van der Waals surface area contributed by atoms with Gasteiger partial charge in [0.25, 0.3) is 0 Å². The van der Waals surface area contributed by atoms with Gasteiger partial charge in [-0.05, 0) is 62.4 Å². The monoisotopic (exact) mass is 468 g/mol. The minimum absolute atomic E-state index is 0.00424. The normalized spacial score (nSPS) is 14.5. The summed E-state index contributed by atoms with van der Waals surface area (Å²) in [5.41, 5.74) is 7.48. The first-order chi connectivity index (χ1) is 16.1. The summed E-state index contributed by atoms with van der Waals surface area (Å²) < 4.78 is 10.8. The molecule has 1 aliphatic carbocycles. The Kier molecular flexibility index (Phi) is 7.61. The zero-order chi connectivity index (χ0) is 24.9. The van der Waals surface area contributed by atoms with Crippen LogP contribution in [0.1, 0.15) is 57.1 Å². The molecule has 182 valence electrons. The molecule has 0 aliphatic heterocycles. The Bertz CT molecular complexity index is 1020. The van der Waals surface area contributed by atoms with Crippen LogP contribution in [0, 0.1) is 0 Å². The highest BCUT2D eigenvalue weighted by Crippen LogP contribution is 2.44. The van der Waals surface area contributed by atoms with Gasteiger partial charge in [-0.3, -0.25) is 4.79 Å². The maximum absolute atomic E-state index is 12.7. The minimum atomic E-state index is -1.74. The van der Waals surface area contributed by atoms with Gasteiger partial charge in [0.15, 0.2) is 0 Å². The first kappa shape index (κ1) is 25.2. The first-order valence-electron chi connectivity index (χ1n) is 11.3. The molecule has 0 saturated carbocycles. The number of nitrogens with two attached hydrogens (primary N) is 1. The molecule has 0 fully saturated rings. The molecule has 0 heterocycles. The number of nitrogens with one attached hydrogen (secondary N) is 1. The van der Waals surface area contributed by atoms with Crippen molar-refractivity contribution in [3.8, 4) is 11.1 Å². The summed E-state index contributed by atoms with van der Waals surface area (Å²) in [5.74, 6) is -1.99. The Morgan fingerprint density at radius 1 is 0.971 bits per heavy atom. The van der Waals surface area contributed by atoms with Crippen molar-refractivity contribution in [1.82, 2.24) is 5.32 Å². The molecule has 4 N–H and O–H groups in total. The number of hydrogen-bond donors (Lipinski definition) is 3. The smallest absolute Gasteiger partial charge is 0.408 e. The zero-order valence-electron chi connectivity index (χ0n) is 19.8. The van der Waals surface area contributed by atoms with E-state index in [1.54, 1.807) is 20.8 Å². The number of carbonyl (C=O) groups excluding carboxylic acids is 2. The quantitative estimate of drug-likeness (QED) is 0.477. The predicted octanol–water partition coefficient (Wildman–Crippen LogP) is 3.82. The van der Waals surface area contributed by atoms with Gasteiger partial charge in [-0.2, -0.15) is 0 Å². The van der Waals surface area contributed by atoms with E-state index in [1.807, 2.05) is 48.5 Å². The second-order valence-electron chi connectivity index (χ2n) is 9.46. The minimum Gasteiger partial charge on any atom is -0.480 e. The van der Waals surface area contributed by atoms with Crippen LogP contribution < -0.4 is 11.1 Å². The Morgan fingerprint density at radius 2 is 1.53 bits per heavy atom. The Balaban J connectivity index is 1.70. The highest BCUT2D eigenvalue weighted by Gasteiger charge is 2.41. The summed E-state index contributed by atoms with van der Waals surface area (Å²) in [6.07, 6.45) is -1.29. The van der Waals surface area contributed by atoms with Gasteiger partial charge in [0.05, 0.1) is 0 Å². The van der Waals surface area contributed by atoms with Gasteiger partial charge in [-0.15, -0.1) is 0 Å². The van der Waals surface area contributed by atoms with Crippen LogP contribution in [-0.4, -0.2) is 47.4 Å². The number of amides is 1. The molecular weight excluding hydrogens is 436 g/mol. The van der Waals surface area contributed by atoms with Gasteiger partial charge in [0.2, 0.25) is 0 Å². The molecule has 0 aromatic heterocycles. The number of rotatable bonds is 9. The van der Waals surface area contributed by atoms with Crippen molar-refractivity contribution >= 4 is 18.0 Å². The van der Waals surface area contributed by atoms with Gasteiger partial charge in [-0.1, -0.05) is 48.5 Å². The Hall–Kier alpha value is -3.39. The third-order valence-corrected chi connectivity index (χ3v) is 5.84. The van der Waals surface area contributed by atoms with Crippen molar-refractivity contribution in [3.05, 3.63) is 59.7 Å². The largest absolute Gasteiger partial charge is 0.480 e. The number of carbonyl (C=O) groups is 3. The van der Waals surface area contributed by atoms with Crippen molar-refractivity contribution in [3.63, 3.8) is 0 Å². The van der Waals surface area contributed by atoms with Gasteiger partial charge in [-0.25, -0.2) is 9.59 Å². The molecule has 0 radical (unpaired) electrons. The molecule has 1 amide bonds. The standard InChI is InChI=1S/C26H32N2O6/c1-25(2,3)34-22(29)12-13-26(14-15-27,23(30)31)28-24(32)33-16-21-19-10-6-4-8-17(19)18-9-5-7-11-20(18)21/h4-11,21H,12-16,27H2,1-3H3,(H,28,32)(H,30,31). The van der Waals surface area contributed by atoms with Crippen molar-refractivity contribution in [2.75, 3.05) is 13.2 Å². The van der Waals surface area contributed by atoms with Crippen molar-refractivity contribution in [2.45, 2.75) is 57.1 Å². The van der Waals surface area contributed by atoms with Gasteiger partial charge < -0.3 is 25.6 Å². The average molecular weight is 469 g/mol. The third-order valence-electron chi connectivity index (χ3n) is 5.84. The molecular formula is C26H32N2O6. The van der Waals surface area contributed by atoms with Gasteiger partial charge >= 0.3 is 18.0 Å². The maximum Gasteiger partial charge on any atom is 0.408 e. The van der Waals surface area contributed by atoms with Crippen LogP contribution in [-0.2, 0) is 19.1 Å². The van der Waals surface area contributed by atoms with Crippen LogP contribution in [0.3, 0.4) is 0 Å². The van der Waals surface area contributed by atoms with Crippen LogP contribution in [0.2, 0.25) is 0 Å². The van der Waals surface area contributed by atoms with E-state index in [4.69, 9.17) is 15.2 Å². The molecule has 1 atom stereocenters. The molecule has 1 unspecified atom stereocenters. The lowest BCUT2D eigenvalue weighted by atomic mass is 9.89. The zero-order valence-corrected chi connectivity index (χ0v) is 19.8. The van der Waals surface area contributed by atoms with Crippen LogP contribution in [0.15, 0.2) is 48.5 Å². The number of alkyl carbamates (subject to hydrolysis) is 1. The predicted molar refractivity (Wildman–Crippen MR) is 127 cm³/mol. The highest BCUT2D eigenvalue weighted by molar-refractivity contribution is 5.85. The van der Waals surface area contributed by atoms with Crippen molar-refractivity contribution in [1.29, 1.82) is 0 Å². The fourth-order valence-corrected chi connectivity index (χ4v) is 4.30. The summed E-state index contributed by atoms with van der Waals surface area (Å²) in [5, 5.41) is 12.4. The summed E-state index contributed by atoms with van der Waals surface area (Å²) in [4.78, 5) is 37.1. The number of benzene rings is 2. The lowest BCUT2D eigenvalue weighted by molar-refractivity contribution is -0.156. The topological polar surface area (TPSA) is 128 Å². The van der Waals surface area contributed by atoms with E-state index in [1.165, 1.54) is 0 Å². The van der Waals surface area contributed by atoms with E-state index in [2.05, 4.69) is 5.32 Å². The lowest BCUT2D eigenvalue weighted by Crippen LogP contribution is -2.56. The number of aliphatic carboxylic acids is 1. The first-order valence-corrected chi connectivity index (χ1v) is 11.3. The molecule has 0 bridgehead atoms. The fraction of sp³-hybridized carbons (Fsp3) is 0.423. The van der Waals surface area contributed by atoms with Gasteiger partial charge in [0.1, 0.15) is 17.7 Å². The maximum atomic E-state index is 12.7. The van der Waals surface area contributed by atoms with E-state index in [0.29, 0.717) is 0 Å². The molecule has 2 aromatic rings. The summed E-state index contributed by atoms with van der Waals surface area (Å²) in [6, 6.07) is 15.9. The summed E-state index contributed by atoms with van der Waals surface area (Å²) >= 11 is 0. The highest BCUT2D eigenvalue weighted by atomic mass is 16.6. The van der Waals surface area contributed by atoms with Gasteiger partial charge in [0, 0.05) is 12.3 Å². The molecule has 0 spiro atoms. The van der Waals surface area contributed by atoms with Crippen LogP contribution in [0.5, 0.6) is 0 Å². The molecule has 34 heavy (non-hydrogen) atoms. The van der Waals surface area contributed by atoms with Crippen LogP contribution >= 0.6 is 0 Å². The SMILES string of the molecule is CC(C)(C)OC(=O)CCC(CCN)(NC(=O)OCC1c2ccccc2-c2ccccc21)C(=O)O. The summed E-state index contributed by atoms with van der Waals surface area (Å²) in [6.45, 7) is 5.23. The second-order valence-corrected chi connectivity index (χ2v) is 9.46. The van der Waals surface area contributed by atoms with E-state index in [9.17, 15) is 19.5 Å². The molecule has 8 nitrogen and oxygen atoms in total. The molecule has 3 rings (SSSR count). The number of hydrogen-bond acceptors (Lipinski definition) is 6. The number of esters is 1. The van der Waals surface area contributed by atoms with E-state index in [0.717, 1.165) is 22.3 Å². The van der Waals surface area contributed by atoms with Crippen molar-refractivity contribution < 1.29 is 29.0 Å². The molecule has 0 saturated heterocycles. The summed E-state index contributed by atoms with van der Waals surface area (Å²) in [7, 11) is 0. The van der Waals surface area contributed by atoms with E-state index in [-0.39, 0.29) is 38.3 Å². The number of carboxylic acid groups (broad SMARTS) is 1. The van der Waals surface area contributed by atoms with Crippen LogP contribution in [0.4, 0.5) is 4.79 Å². The average Bonchev–Trinajstić information content (AvgIpc) is 3.09. The Labute approximate surface area is 199 Å². The number of ether oxygens (including phenoxy) is 2. The van der Waals surface area contributed by atoms with E-state index >= 15 is 0 Å². The van der Waals surface area contributed by atoms with E-state index < -0.39 is 29.2 Å². The molecule has 2 aromatic carbocycles. The fourth-order valence-electron chi connectivity index (χ4n) is 4.30.